The van der Waals surface area contributed by atoms with Crippen LogP contribution in [0.3, 0.4) is 0 Å². The number of likely N-dealkylation sites (N-methyl/N-ethyl adjacent to an activating group) is 1. The predicted molar refractivity (Wildman–Crippen MR) is 61.1 cm³/mol. The molecule has 1 aliphatic carbocycles. The molecule has 1 aromatic rings. The van der Waals surface area contributed by atoms with E-state index in [9.17, 15) is 4.79 Å². The minimum Gasteiger partial charge on any atom is -0.469 e. The fraction of sp³-hybridized carbons (Fsp3) is 0.583. The van der Waals surface area contributed by atoms with Crippen molar-refractivity contribution in [1.29, 1.82) is 0 Å². The Bertz CT molecular complexity index is 373. The van der Waals surface area contributed by atoms with Crippen LogP contribution in [-0.4, -0.2) is 19.0 Å². The summed E-state index contributed by atoms with van der Waals surface area (Å²) in [5, 5.41) is 5.99. The van der Waals surface area contributed by atoms with E-state index < -0.39 is 0 Å². The summed E-state index contributed by atoms with van der Waals surface area (Å²) in [5.74, 6) is 1.07. The van der Waals surface area contributed by atoms with Gasteiger partial charge in [-0.15, -0.1) is 0 Å². The van der Waals surface area contributed by atoms with Crippen LogP contribution in [0.1, 0.15) is 37.1 Å². The maximum absolute atomic E-state index is 11.8. The number of furan rings is 1. The van der Waals surface area contributed by atoms with Gasteiger partial charge in [0.1, 0.15) is 5.76 Å². The molecule has 1 amide bonds. The Balaban J connectivity index is 2.05. The van der Waals surface area contributed by atoms with E-state index >= 15 is 0 Å². The van der Waals surface area contributed by atoms with E-state index in [1.54, 1.807) is 13.3 Å². The second-order valence-electron chi connectivity index (χ2n) is 4.26. The van der Waals surface area contributed by atoms with Crippen LogP contribution in [-0.2, 0) is 11.2 Å². The number of hydrogen-bond donors (Lipinski definition) is 2. The monoisotopic (exact) mass is 222 g/mol. The molecule has 2 unspecified atom stereocenters. The van der Waals surface area contributed by atoms with Gasteiger partial charge in [0.2, 0.25) is 5.91 Å². The van der Waals surface area contributed by atoms with Gasteiger partial charge in [0, 0.05) is 12.0 Å². The van der Waals surface area contributed by atoms with Crippen molar-refractivity contribution in [3.63, 3.8) is 0 Å². The van der Waals surface area contributed by atoms with Gasteiger partial charge in [0.05, 0.1) is 18.3 Å². The number of aryl methyl sites for hydroxylation is 1. The van der Waals surface area contributed by atoms with Gasteiger partial charge < -0.3 is 15.1 Å². The average molecular weight is 222 g/mol. The van der Waals surface area contributed by atoms with Gasteiger partial charge in [-0.25, -0.2) is 0 Å². The fourth-order valence-electron chi connectivity index (χ4n) is 2.06. The molecule has 0 bridgehead atoms. The minimum absolute atomic E-state index is 0.0431. The van der Waals surface area contributed by atoms with Crippen molar-refractivity contribution < 1.29 is 9.21 Å². The molecule has 0 radical (unpaired) electrons. The van der Waals surface area contributed by atoms with Crippen molar-refractivity contribution >= 4 is 5.91 Å². The van der Waals surface area contributed by atoms with Gasteiger partial charge in [-0.05, 0) is 32.9 Å². The molecule has 1 heterocycles. The molecule has 1 aliphatic rings. The van der Waals surface area contributed by atoms with E-state index in [1.807, 2.05) is 13.0 Å². The molecule has 88 valence electrons. The second kappa shape index (κ2) is 4.70. The predicted octanol–water partition coefficient (Wildman–Crippen LogP) is 1.38. The zero-order chi connectivity index (χ0) is 11.5. The molecule has 0 aliphatic heterocycles. The second-order valence-corrected chi connectivity index (χ2v) is 4.26. The van der Waals surface area contributed by atoms with Gasteiger partial charge >= 0.3 is 0 Å². The molecule has 2 rings (SSSR count). The van der Waals surface area contributed by atoms with Crippen LogP contribution in [0.5, 0.6) is 0 Å². The third-order valence-corrected chi connectivity index (χ3v) is 3.19. The molecule has 4 nitrogen and oxygen atoms in total. The van der Waals surface area contributed by atoms with Crippen molar-refractivity contribution in [1.82, 2.24) is 10.6 Å². The molecular weight excluding hydrogens is 204 g/mol. The highest BCUT2D eigenvalue weighted by Crippen LogP contribution is 2.30. The van der Waals surface area contributed by atoms with Crippen molar-refractivity contribution in [3.8, 4) is 0 Å². The van der Waals surface area contributed by atoms with E-state index in [-0.39, 0.29) is 18.0 Å². The third-order valence-electron chi connectivity index (χ3n) is 3.19. The lowest BCUT2D eigenvalue weighted by Crippen LogP contribution is -2.42. The minimum atomic E-state index is -0.155. The van der Waals surface area contributed by atoms with Crippen LogP contribution >= 0.6 is 0 Å². The van der Waals surface area contributed by atoms with Crippen molar-refractivity contribution in [3.05, 3.63) is 23.7 Å². The summed E-state index contributed by atoms with van der Waals surface area (Å²) in [5.41, 5.74) is 1.14. The summed E-state index contributed by atoms with van der Waals surface area (Å²) in [4.78, 5) is 11.8. The van der Waals surface area contributed by atoms with Crippen LogP contribution in [0.25, 0.3) is 0 Å². The Hall–Kier alpha value is -1.29. The summed E-state index contributed by atoms with van der Waals surface area (Å²) in [7, 11) is 1.79. The lowest BCUT2D eigenvalue weighted by molar-refractivity contribution is -0.123. The first-order chi connectivity index (χ1) is 7.72. The Labute approximate surface area is 95.4 Å². The highest BCUT2D eigenvalue weighted by molar-refractivity contribution is 5.81. The number of amides is 1. The standard InChI is InChI=1S/C12H18N2O2/c1-8(13-2)12(15)14-10-4-3-5-11-9(10)6-7-16-11/h6-8,10,13H,3-5H2,1-2H3,(H,14,15). The zero-order valence-corrected chi connectivity index (χ0v) is 9.75. The number of fused-ring (bicyclic) bond motifs is 1. The maximum atomic E-state index is 11.8. The normalized spacial score (nSPS) is 21.2. The first-order valence-corrected chi connectivity index (χ1v) is 5.76. The molecule has 0 fully saturated rings. The van der Waals surface area contributed by atoms with Crippen LogP contribution in [0.4, 0.5) is 0 Å². The van der Waals surface area contributed by atoms with Crippen LogP contribution in [0.15, 0.2) is 16.7 Å². The Morgan fingerprint density at radius 1 is 1.62 bits per heavy atom. The molecule has 0 spiro atoms. The van der Waals surface area contributed by atoms with E-state index in [4.69, 9.17) is 4.42 Å². The van der Waals surface area contributed by atoms with Crippen molar-refractivity contribution in [2.24, 2.45) is 0 Å². The molecule has 4 heteroatoms. The Kier molecular flexibility index (Phi) is 3.29. The fourth-order valence-corrected chi connectivity index (χ4v) is 2.06. The molecular formula is C12H18N2O2. The van der Waals surface area contributed by atoms with Crippen LogP contribution in [0.2, 0.25) is 0 Å². The first-order valence-electron chi connectivity index (χ1n) is 5.76. The third kappa shape index (κ3) is 2.11. The lowest BCUT2D eigenvalue weighted by atomic mass is 9.93. The van der Waals surface area contributed by atoms with Crippen LogP contribution in [0, 0.1) is 0 Å². The molecule has 1 aromatic heterocycles. The van der Waals surface area contributed by atoms with E-state index in [1.165, 1.54) is 0 Å². The number of carbonyl (C=O) groups excluding carboxylic acids is 1. The molecule has 0 aromatic carbocycles. The molecule has 2 atom stereocenters. The van der Waals surface area contributed by atoms with Crippen molar-refractivity contribution in [2.45, 2.75) is 38.3 Å². The van der Waals surface area contributed by atoms with Gasteiger partial charge in [0.15, 0.2) is 0 Å². The lowest BCUT2D eigenvalue weighted by Gasteiger charge is -2.24. The highest BCUT2D eigenvalue weighted by atomic mass is 16.3. The number of hydrogen-bond acceptors (Lipinski definition) is 3. The largest absolute Gasteiger partial charge is 0.469 e. The number of rotatable bonds is 3. The van der Waals surface area contributed by atoms with Gasteiger partial charge in [0.25, 0.3) is 0 Å². The van der Waals surface area contributed by atoms with Crippen LogP contribution < -0.4 is 10.6 Å². The topological polar surface area (TPSA) is 54.3 Å². The average Bonchev–Trinajstić information content (AvgIpc) is 2.77. The van der Waals surface area contributed by atoms with Crippen molar-refractivity contribution in [2.75, 3.05) is 7.05 Å². The van der Waals surface area contributed by atoms with E-state index in [0.29, 0.717) is 0 Å². The Morgan fingerprint density at radius 2 is 2.44 bits per heavy atom. The number of carbonyl (C=O) groups is 1. The quantitative estimate of drug-likeness (QED) is 0.812. The molecule has 2 N–H and O–H groups in total. The summed E-state index contributed by atoms with van der Waals surface area (Å²) < 4.78 is 5.39. The molecule has 0 saturated heterocycles. The maximum Gasteiger partial charge on any atom is 0.237 e. The van der Waals surface area contributed by atoms with Gasteiger partial charge in [-0.1, -0.05) is 0 Å². The Morgan fingerprint density at radius 3 is 3.19 bits per heavy atom. The molecule has 16 heavy (non-hydrogen) atoms. The zero-order valence-electron chi connectivity index (χ0n) is 9.75. The van der Waals surface area contributed by atoms with Gasteiger partial charge in [-0.3, -0.25) is 4.79 Å². The summed E-state index contributed by atoms with van der Waals surface area (Å²) in [6, 6.07) is 1.92. The number of nitrogens with one attached hydrogen (secondary N) is 2. The highest BCUT2D eigenvalue weighted by Gasteiger charge is 2.25. The molecule has 0 saturated carbocycles. The van der Waals surface area contributed by atoms with E-state index in [2.05, 4.69) is 10.6 Å². The van der Waals surface area contributed by atoms with E-state index in [0.717, 1.165) is 30.6 Å². The SMILES string of the molecule is CNC(C)C(=O)NC1CCCc2occc21. The van der Waals surface area contributed by atoms with Gasteiger partial charge in [-0.2, -0.15) is 0 Å². The summed E-state index contributed by atoms with van der Waals surface area (Å²) in [6.07, 6.45) is 4.75. The summed E-state index contributed by atoms with van der Waals surface area (Å²) >= 11 is 0. The first kappa shape index (κ1) is 11.2. The smallest absolute Gasteiger partial charge is 0.237 e. The summed E-state index contributed by atoms with van der Waals surface area (Å²) in [6.45, 7) is 1.86.